The summed E-state index contributed by atoms with van der Waals surface area (Å²) in [7, 11) is 0. The number of rotatable bonds is 8. The summed E-state index contributed by atoms with van der Waals surface area (Å²) in [6, 6.07) is 12.0. The molecule has 1 fully saturated rings. The van der Waals surface area contributed by atoms with Gasteiger partial charge in [0.2, 0.25) is 5.91 Å². The minimum absolute atomic E-state index is 0.0302. The van der Waals surface area contributed by atoms with Gasteiger partial charge in [-0.15, -0.1) is 11.3 Å². The Morgan fingerprint density at radius 3 is 2.46 bits per heavy atom. The van der Waals surface area contributed by atoms with Crippen LogP contribution in [0.2, 0.25) is 0 Å². The van der Waals surface area contributed by atoms with E-state index >= 15 is 0 Å². The van der Waals surface area contributed by atoms with Gasteiger partial charge in [0.1, 0.15) is 0 Å². The Morgan fingerprint density at radius 1 is 1.04 bits per heavy atom. The van der Waals surface area contributed by atoms with Gasteiger partial charge < -0.3 is 10.1 Å². The van der Waals surface area contributed by atoms with Gasteiger partial charge in [0.05, 0.1) is 18.1 Å². The van der Waals surface area contributed by atoms with E-state index in [2.05, 4.69) is 22.3 Å². The number of amides is 1. The first-order chi connectivity index (χ1) is 12.7. The fourth-order valence-electron chi connectivity index (χ4n) is 2.86. The molecule has 1 aliphatic heterocycles. The van der Waals surface area contributed by atoms with Gasteiger partial charge in [-0.3, -0.25) is 14.5 Å². The highest BCUT2D eigenvalue weighted by molar-refractivity contribution is 7.12. The van der Waals surface area contributed by atoms with Crippen LogP contribution in [0.1, 0.15) is 33.6 Å². The molecule has 1 saturated heterocycles. The van der Waals surface area contributed by atoms with Gasteiger partial charge in [-0.1, -0.05) is 30.3 Å². The molecule has 6 heteroatoms. The first kappa shape index (κ1) is 18.8. The molecule has 26 heavy (non-hydrogen) atoms. The fourth-order valence-corrected chi connectivity index (χ4v) is 3.55. The average Bonchev–Trinajstić information content (AvgIpc) is 3.21. The predicted octanol–water partition coefficient (Wildman–Crippen LogP) is 2.86. The van der Waals surface area contributed by atoms with Crippen molar-refractivity contribution in [1.82, 2.24) is 10.2 Å². The van der Waals surface area contributed by atoms with Crippen molar-refractivity contribution in [2.24, 2.45) is 0 Å². The molecule has 1 N–H and O–H groups in total. The van der Waals surface area contributed by atoms with Gasteiger partial charge in [-0.25, -0.2) is 0 Å². The van der Waals surface area contributed by atoms with E-state index in [0.29, 0.717) is 11.4 Å². The number of benzene rings is 1. The Hall–Kier alpha value is -2.02. The second kappa shape index (κ2) is 9.62. The number of ether oxygens (including phenoxy) is 1. The number of nitrogens with one attached hydrogen (secondary N) is 1. The van der Waals surface area contributed by atoms with E-state index < -0.39 is 0 Å². The molecule has 0 atom stereocenters. The predicted molar refractivity (Wildman–Crippen MR) is 102 cm³/mol. The maximum atomic E-state index is 11.9. The van der Waals surface area contributed by atoms with Crippen molar-refractivity contribution in [1.29, 1.82) is 0 Å². The molecule has 1 aliphatic rings. The summed E-state index contributed by atoms with van der Waals surface area (Å²) in [5.74, 6) is -0.0603. The van der Waals surface area contributed by atoms with Crippen molar-refractivity contribution in [2.45, 2.75) is 25.9 Å². The Labute approximate surface area is 158 Å². The van der Waals surface area contributed by atoms with Crippen LogP contribution in [0.3, 0.4) is 0 Å². The van der Waals surface area contributed by atoms with Gasteiger partial charge in [0.25, 0.3) is 0 Å². The standard InChI is InChI=1S/C20H24N2O3S/c23-18(19-2-1-13-26-19)7-8-20(24)21-14-16-3-5-17(6-4-16)15-22-9-11-25-12-10-22/h1-6,13H,7-12,14-15H2,(H,21,24). The van der Waals surface area contributed by atoms with E-state index in [1.807, 2.05) is 23.6 Å². The lowest BCUT2D eigenvalue weighted by Crippen LogP contribution is -2.35. The van der Waals surface area contributed by atoms with E-state index in [-0.39, 0.29) is 24.5 Å². The lowest BCUT2D eigenvalue weighted by molar-refractivity contribution is -0.121. The van der Waals surface area contributed by atoms with Crippen LogP contribution in [0.4, 0.5) is 0 Å². The third kappa shape index (κ3) is 5.76. The number of carbonyl (C=O) groups is 2. The number of thiophene rings is 1. The van der Waals surface area contributed by atoms with Crippen molar-refractivity contribution in [3.8, 4) is 0 Å². The molecule has 138 valence electrons. The topological polar surface area (TPSA) is 58.6 Å². The van der Waals surface area contributed by atoms with Crippen LogP contribution in [0, 0.1) is 0 Å². The molecule has 0 unspecified atom stereocenters. The Kier molecular flexibility index (Phi) is 6.94. The van der Waals surface area contributed by atoms with Crippen molar-refractivity contribution in [3.63, 3.8) is 0 Å². The van der Waals surface area contributed by atoms with Gasteiger partial charge in [-0.05, 0) is 22.6 Å². The minimum Gasteiger partial charge on any atom is -0.379 e. The number of morpholine rings is 1. The quantitative estimate of drug-likeness (QED) is 0.724. The molecule has 1 aromatic carbocycles. The molecular weight excluding hydrogens is 348 g/mol. The normalized spacial score (nSPS) is 14.9. The minimum atomic E-state index is -0.0905. The van der Waals surface area contributed by atoms with Crippen molar-refractivity contribution in [3.05, 3.63) is 57.8 Å². The van der Waals surface area contributed by atoms with E-state index in [1.165, 1.54) is 16.9 Å². The molecule has 0 spiro atoms. The molecule has 0 saturated carbocycles. The van der Waals surface area contributed by atoms with Crippen LogP contribution < -0.4 is 5.32 Å². The number of ketones is 1. The monoisotopic (exact) mass is 372 g/mol. The smallest absolute Gasteiger partial charge is 0.220 e. The molecule has 0 radical (unpaired) electrons. The van der Waals surface area contributed by atoms with Gasteiger partial charge >= 0.3 is 0 Å². The highest BCUT2D eigenvalue weighted by Crippen LogP contribution is 2.12. The average molecular weight is 372 g/mol. The van der Waals surface area contributed by atoms with E-state index in [4.69, 9.17) is 4.74 Å². The largest absolute Gasteiger partial charge is 0.379 e. The van der Waals surface area contributed by atoms with E-state index in [9.17, 15) is 9.59 Å². The molecule has 0 aliphatic carbocycles. The molecule has 3 rings (SSSR count). The lowest BCUT2D eigenvalue weighted by Gasteiger charge is -2.26. The van der Waals surface area contributed by atoms with Gasteiger partial charge in [0.15, 0.2) is 5.78 Å². The summed E-state index contributed by atoms with van der Waals surface area (Å²) in [4.78, 5) is 26.9. The van der Waals surface area contributed by atoms with Crippen molar-refractivity contribution < 1.29 is 14.3 Å². The zero-order valence-electron chi connectivity index (χ0n) is 14.8. The third-order valence-corrected chi connectivity index (χ3v) is 5.31. The molecule has 2 heterocycles. The summed E-state index contributed by atoms with van der Waals surface area (Å²) in [6.45, 7) is 4.98. The maximum Gasteiger partial charge on any atom is 0.220 e. The van der Waals surface area contributed by atoms with Gasteiger partial charge in [-0.2, -0.15) is 0 Å². The Bertz CT molecular complexity index is 707. The number of hydrogen-bond acceptors (Lipinski definition) is 5. The summed E-state index contributed by atoms with van der Waals surface area (Å²) < 4.78 is 5.36. The number of carbonyl (C=O) groups excluding carboxylic acids is 2. The molecular formula is C20H24N2O3S. The first-order valence-corrected chi connectivity index (χ1v) is 9.80. The SMILES string of the molecule is O=C(CCC(=O)c1cccs1)NCc1ccc(CN2CCOCC2)cc1. The van der Waals surface area contributed by atoms with Crippen molar-refractivity contribution in [2.75, 3.05) is 26.3 Å². The van der Waals surface area contributed by atoms with Crippen LogP contribution in [0.15, 0.2) is 41.8 Å². The van der Waals surface area contributed by atoms with Crippen LogP contribution in [-0.2, 0) is 22.6 Å². The van der Waals surface area contributed by atoms with E-state index in [0.717, 1.165) is 38.4 Å². The lowest BCUT2D eigenvalue weighted by atomic mass is 10.1. The Balaban J connectivity index is 1.38. The first-order valence-electron chi connectivity index (χ1n) is 8.92. The van der Waals surface area contributed by atoms with Gasteiger partial charge in [0, 0.05) is 39.0 Å². The van der Waals surface area contributed by atoms with Crippen LogP contribution in [0.5, 0.6) is 0 Å². The number of hydrogen-bond donors (Lipinski definition) is 1. The molecule has 1 amide bonds. The zero-order chi connectivity index (χ0) is 18.2. The number of Topliss-reactive ketones (excluding diaryl/α,β-unsaturated/α-hetero) is 1. The van der Waals surface area contributed by atoms with Crippen LogP contribution in [0.25, 0.3) is 0 Å². The second-order valence-corrected chi connectivity index (χ2v) is 7.33. The van der Waals surface area contributed by atoms with E-state index in [1.54, 1.807) is 6.07 Å². The molecule has 5 nitrogen and oxygen atoms in total. The fraction of sp³-hybridized carbons (Fsp3) is 0.400. The highest BCUT2D eigenvalue weighted by atomic mass is 32.1. The summed E-state index contributed by atoms with van der Waals surface area (Å²) in [6.07, 6.45) is 0.483. The number of nitrogens with zero attached hydrogens (tertiary/aromatic N) is 1. The summed E-state index contributed by atoms with van der Waals surface area (Å²) >= 11 is 1.41. The van der Waals surface area contributed by atoms with Crippen molar-refractivity contribution >= 4 is 23.0 Å². The highest BCUT2D eigenvalue weighted by Gasteiger charge is 2.11. The van der Waals surface area contributed by atoms with Crippen LogP contribution in [-0.4, -0.2) is 42.9 Å². The van der Waals surface area contributed by atoms with Crippen LogP contribution >= 0.6 is 11.3 Å². The molecule has 2 aromatic rings. The summed E-state index contributed by atoms with van der Waals surface area (Å²) in [5.41, 5.74) is 2.33. The summed E-state index contributed by atoms with van der Waals surface area (Å²) in [5, 5.41) is 4.76. The Morgan fingerprint density at radius 2 is 1.77 bits per heavy atom. The third-order valence-electron chi connectivity index (χ3n) is 4.40. The second-order valence-electron chi connectivity index (χ2n) is 6.38. The molecule has 0 bridgehead atoms. The zero-order valence-corrected chi connectivity index (χ0v) is 15.6. The molecule has 1 aromatic heterocycles. The maximum absolute atomic E-state index is 11.9.